The van der Waals surface area contributed by atoms with E-state index < -0.39 is 0 Å². The van der Waals surface area contributed by atoms with Gasteiger partial charge in [-0.05, 0) is 53.6 Å². The molecular formula is C24H22N2OS. The highest BCUT2D eigenvalue weighted by atomic mass is 32.1. The van der Waals surface area contributed by atoms with Crippen molar-refractivity contribution >= 4 is 43.8 Å². The Morgan fingerprint density at radius 3 is 2.75 bits per heavy atom. The highest BCUT2D eigenvalue weighted by Crippen LogP contribution is 2.36. The first kappa shape index (κ1) is 17.4. The molecule has 3 nitrogen and oxygen atoms in total. The summed E-state index contributed by atoms with van der Waals surface area (Å²) in [5, 5.41) is 3.23. The van der Waals surface area contributed by atoms with Crippen LogP contribution in [-0.4, -0.2) is 10.8 Å². The summed E-state index contributed by atoms with van der Waals surface area (Å²) in [6.07, 6.45) is 6.11. The Labute approximate surface area is 168 Å². The van der Waals surface area contributed by atoms with Crippen LogP contribution in [0.5, 0.6) is 0 Å². The lowest BCUT2D eigenvalue weighted by atomic mass is 9.99. The van der Waals surface area contributed by atoms with Crippen molar-refractivity contribution in [2.75, 3.05) is 5.73 Å². The molecule has 0 saturated heterocycles. The Morgan fingerprint density at radius 1 is 1.00 bits per heavy atom. The van der Waals surface area contributed by atoms with E-state index in [0.29, 0.717) is 17.0 Å². The lowest BCUT2D eigenvalue weighted by Gasteiger charge is -2.06. The van der Waals surface area contributed by atoms with Crippen molar-refractivity contribution in [1.29, 1.82) is 0 Å². The monoisotopic (exact) mass is 386 g/mol. The number of benzene rings is 2. The maximum atomic E-state index is 13.1. The molecule has 0 amide bonds. The molecule has 140 valence electrons. The first-order chi connectivity index (χ1) is 13.7. The highest BCUT2D eigenvalue weighted by molar-refractivity contribution is 7.21. The molecule has 2 heterocycles. The molecule has 0 aliphatic heterocycles. The number of aromatic nitrogens is 1. The maximum absolute atomic E-state index is 13.1. The minimum absolute atomic E-state index is 0.0760. The van der Waals surface area contributed by atoms with Crippen LogP contribution in [0.2, 0.25) is 0 Å². The number of rotatable bonds is 3. The smallest absolute Gasteiger partial charge is 0.179 e. The van der Waals surface area contributed by atoms with Gasteiger partial charge in [-0.2, -0.15) is 0 Å². The third kappa shape index (κ3) is 2.98. The van der Waals surface area contributed by atoms with Crippen molar-refractivity contribution in [3.05, 3.63) is 70.2 Å². The molecule has 2 aromatic carbocycles. The molecule has 0 fully saturated rings. The van der Waals surface area contributed by atoms with E-state index in [1.54, 1.807) is 0 Å². The van der Waals surface area contributed by atoms with Gasteiger partial charge in [0.15, 0.2) is 5.78 Å². The van der Waals surface area contributed by atoms with E-state index in [9.17, 15) is 4.79 Å². The first-order valence-electron chi connectivity index (χ1n) is 9.91. The van der Waals surface area contributed by atoms with Crippen LogP contribution >= 0.6 is 11.3 Å². The van der Waals surface area contributed by atoms with Gasteiger partial charge >= 0.3 is 0 Å². The fraction of sp³-hybridized carbons (Fsp3) is 0.250. The Balaban J connectivity index is 1.53. The molecule has 2 aromatic heterocycles. The van der Waals surface area contributed by atoms with Crippen LogP contribution < -0.4 is 5.73 Å². The number of nitrogen functional groups attached to an aromatic ring is 1. The zero-order chi connectivity index (χ0) is 19.1. The summed E-state index contributed by atoms with van der Waals surface area (Å²) in [7, 11) is 0. The van der Waals surface area contributed by atoms with Crippen molar-refractivity contribution in [1.82, 2.24) is 4.98 Å². The van der Waals surface area contributed by atoms with E-state index in [1.807, 2.05) is 24.3 Å². The molecule has 2 N–H and O–H groups in total. The zero-order valence-electron chi connectivity index (χ0n) is 15.7. The second-order valence-corrected chi connectivity index (χ2v) is 8.59. The highest BCUT2D eigenvalue weighted by Gasteiger charge is 2.20. The predicted molar refractivity (Wildman–Crippen MR) is 117 cm³/mol. The minimum atomic E-state index is 0.0760. The standard InChI is InChI=1S/C24H22N2OS/c25-22-19-13-17-8-2-1-3-12-20(17)26-24(19)28-23(22)21(27)14-16-10-6-9-15-7-4-5-11-18(15)16/h4-7,9-11,13H,1-3,8,12,14,25H2. The summed E-state index contributed by atoms with van der Waals surface area (Å²) in [4.78, 5) is 19.6. The molecule has 4 heteroatoms. The Bertz CT molecular complexity index is 1200. The van der Waals surface area contributed by atoms with Crippen molar-refractivity contribution in [2.45, 2.75) is 38.5 Å². The molecule has 0 bridgehead atoms. The predicted octanol–water partition coefficient (Wildman–Crippen LogP) is 5.73. The number of Topliss-reactive ketones (excluding diaryl/α,β-unsaturated/α-hetero) is 1. The number of carbonyl (C=O) groups is 1. The number of nitrogens with zero attached hydrogens (tertiary/aromatic N) is 1. The van der Waals surface area contributed by atoms with Crippen molar-refractivity contribution in [2.24, 2.45) is 0 Å². The quantitative estimate of drug-likeness (QED) is 0.361. The fourth-order valence-electron chi connectivity index (χ4n) is 4.24. The number of carbonyl (C=O) groups excluding carboxylic acids is 1. The third-order valence-electron chi connectivity index (χ3n) is 5.73. The minimum Gasteiger partial charge on any atom is -0.397 e. The summed E-state index contributed by atoms with van der Waals surface area (Å²) in [5.41, 5.74) is 10.6. The van der Waals surface area contributed by atoms with Gasteiger partial charge in [0.05, 0.1) is 10.6 Å². The number of ketones is 1. The van der Waals surface area contributed by atoms with Gasteiger partial charge < -0.3 is 5.73 Å². The number of anilines is 1. The normalized spacial score (nSPS) is 14.1. The number of hydrogen-bond acceptors (Lipinski definition) is 4. The van der Waals surface area contributed by atoms with Gasteiger partial charge in [0.2, 0.25) is 0 Å². The molecule has 5 rings (SSSR count). The number of nitrogens with two attached hydrogens (primary N) is 1. The van der Waals surface area contributed by atoms with Gasteiger partial charge in [-0.1, -0.05) is 48.9 Å². The van der Waals surface area contributed by atoms with Crippen LogP contribution in [0.4, 0.5) is 5.69 Å². The van der Waals surface area contributed by atoms with E-state index in [4.69, 9.17) is 10.7 Å². The van der Waals surface area contributed by atoms with Crippen LogP contribution in [-0.2, 0) is 19.3 Å². The molecule has 0 unspecified atom stereocenters. The van der Waals surface area contributed by atoms with E-state index in [1.165, 1.54) is 41.9 Å². The van der Waals surface area contributed by atoms with Gasteiger partial charge in [0, 0.05) is 17.5 Å². The van der Waals surface area contributed by atoms with Crippen LogP contribution in [0.25, 0.3) is 21.0 Å². The second kappa shape index (κ2) is 7.02. The molecule has 4 aromatic rings. The van der Waals surface area contributed by atoms with Gasteiger partial charge in [-0.15, -0.1) is 11.3 Å². The topological polar surface area (TPSA) is 56.0 Å². The molecule has 0 spiro atoms. The number of aryl methyl sites for hydroxylation is 2. The fourth-order valence-corrected chi connectivity index (χ4v) is 5.28. The van der Waals surface area contributed by atoms with Crippen molar-refractivity contribution < 1.29 is 4.79 Å². The number of fused-ring (bicyclic) bond motifs is 3. The Morgan fingerprint density at radius 2 is 1.82 bits per heavy atom. The largest absolute Gasteiger partial charge is 0.397 e. The van der Waals surface area contributed by atoms with Crippen LogP contribution in [0, 0.1) is 0 Å². The number of thiophene rings is 1. The molecule has 0 saturated carbocycles. The van der Waals surface area contributed by atoms with Gasteiger partial charge in [-0.3, -0.25) is 4.79 Å². The Kier molecular flexibility index (Phi) is 4.36. The lowest BCUT2D eigenvalue weighted by Crippen LogP contribution is -2.04. The second-order valence-electron chi connectivity index (χ2n) is 7.59. The van der Waals surface area contributed by atoms with Gasteiger partial charge in [-0.25, -0.2) is 4.98 Å². The summed E-state index contributed by atoms with van der Waals surface area (Å²) in [6, 6.07) is 16.5. The zero-order valence-corrected chi connectivity index (χ0v) is 16.5. The van der Waals surface area contributed by atoms with E-state index >= 15 is 0 Å². The summed E-state index contributed by atoms with van der Waals surface area (Å²) >= 11 is 1.45. The molecule has 0 atom stereocenters. The lowest BCUT2D eigenvalue weighted by molar-refractivity contribution is 0.0998. The Hall–Kier alpha value is -2.72. The summed E-state index contributed by atoms with van der Waals surface area (Å²) in [5.74, 6) is 0.0760. The molecule has 0 radical (unpaired) electrons. The molecule has 1 aliphatic rings. The average Bonchev–Trinajstić information content (AvgIpc) is 2.88. The van der Waals surface area contributed by atoms with Crippen LogP contribution in [0.3, 0.4) is 0 Å². The van der Waals surface area contributed by atoms with Crippen LogP contribution in [0.15, 0.2) is 48.5 Å². The summed E-state index contributed by atoms with van der Waals surface area (Å²) in [6.45, 7) is 0. The van der Waals surface area contributed by atoms with E-state index in [2.05, 4.69) is 24.3 Å². The number of hydrogen-bond donors (Lipinski definition) is 1. The van der Waals surface area contributed by atoms with Crippen molar-refractivity contribution in [3.63, 3.8) is 0 Å². The third-order valence-corrected chi connectivity index (χ3v) is 6.89. The summed E-state index contributed by atoms with van der Waals surface area (Å²) < 4.78 is 0. The van der Waals surface area contributed by atoms with Crippen molar-refractivity contribution in [3.8, 4) is 0 Å². The molecule has 28 heavy (non-hydrogen) atoms. The van der Waals surface area contributed by atoms with E-state index in [-0.39, 0.29) is 5.78 Å². The molecular weight excluding hydrogens is 364 g/mol. The molecule has 1 aliphatic carbocycles. The maximum Gasteiger partial charge on any atom is 0.179 e. The van der Waals surface area contributed by atoms with Gasteiger partial charge in [0.25, 0.3) is 0 Å². The average molecular weight is 387 g/mol. The van der Waals surface area contributed by atoms with Gasteiger partial charge in [0.1, 0.15) is 4.83 Å². The first-order valence-corrected chi connectivity index (χ1v) is 10.7. The van der Waals surface area contributed by atoms with Crippen LogP contribution in [0.1, 0.15) is 45.8 Å². The van der Waals surface area contributed by atoms with E-state index in [0.717, 1.165) is 39.4 Å². The number of pyridine rings is 1. The SMILES string of the molecule is Nc1c(C(=O)Cc2cccc3ccccc23)sc2nc3c(cc12)CCCCC3.